The van der Waals surface area contributed by atoms with Crippen LogP contribution in [0.5, 0.6) is 0 Å². The van der Waals surface area contributed by atoms with Crippen molar-refractivity contribution >= 4 is 27.3 Å². The first-order chi connectivity index (χ1) is 9.07. The highest BCUT2D eigenvalue weighted by Gasteiger charge is 2.22. The van der Waals surface area contributed by atoms with E-state index < -0.39 is 0 Å². The van der Waals surface area contributed by atoms with Gasteiger partial charge in [0.25, 0.3) is 0 Å². The SMILES string of the molecule is CCC(CC)CN(CC)C(CN)c1cc(Br)c(C)s1. The van der Waals surface area contributed by atoms with Gasteiger partial charge in [-0.25, -0.2) is 0 Å². The first kappa shape index (κ1) is 17.2. The Morgan fingerprint density at radius 3 is 2.32 bits per heavy atom. The van der Waals surface area contributed by atoms with Gasteiger partial charge < -0.3 is 5.73 Å². The first-order valence-corrected chi connectivity index (χ1v) is 8.88. The third kappa shape index (κ3) is 4.55. The summed E-state index contributed by atoms with van der Waals surface area (Å²) in [6.45, 7) is 11.9. The van der Waals surface area contributed by atoms with E-state index in [1.807, 2.05) is 11.3 Å². The summed E-state index contributed by atoms with van der Waals surface area (Å²) in [5, 5.41) is 0. The molecule has 0 spiro atoms. The molecule has 0 saturated heterocycles. The number of hydrogen-bond acceptors (Lipinski definition) is 3. The fourth-order valence-electron chi connectivity index (χ4n) is 2.45. The summed E-state index contributed by atoms with van der Waals surface area (Å²) in [7, 11) is 0. The van der Waals surface area contributed by atoms with Gasteiger partial charge in [-0.2, -0.15) is 0 Å². The van der Waals surface area contributed by atoms with Crippen LogP contribution >= 0.6 is 27.3 Å². The Labute approximate surface area is 130 Å². The van der Waals surface area contributed by atoms with E-state index in [2.05, 4.69) is 54.6 Å². The second-order valence-corrected chi connectivity index (χ2v) is 7.22. The zero-order valence-electron chi connectivity index (χ0n) is 12.6. The Morgan fingerprint density at radius 2 is 1.95 bits per heavy atom. The number of rotatable bonds is 8. The third-order valence-electron chi connectivity index (χ3n) is 3.92. The third-order valence-corrected chi connectivity index (χ3v) is 6.16. The Kier molecular flexibility index (Phi) is 7.58. The Balaban J connectivity index is 2.86. The zero-order chi connectivity index (χ0) is 14.4. The van der Waals surface area contributed by atoms with Gasteiger partial charge in [-0.15, -0.1) is 11.3 Å². The van der Waals surface area contributed by atoms with Crippen molar-refractivity contribution < 1.29 is 0 Å². The fourth-order valence-corrected chi connectivity index (χ4v) is 4.16. The minimum absolute atomic E-state index is 0.362. The molecule has 2 N–H and O–H groups in total. The van der Waals surface area contributed by atoms with Crippen LogP contribution in [-0.4, -0.2) is 24.5 Å². The van der Waals surface area contributed by atoms with Gasteiger partial charge in [-0.05, 0) is 41.4 Å². The minimum Gasteiger partial charge on any atom is -0.329 e. The molecule has 1 heterocycles. The van der Waals surface area contributed by atoms with E-state index in [0.29, 0.717) is 12.6 Å². The van der Waals surface area contributed by atoms with Crippen molar-refractivity contribution in [2.75, 3.05) is 19.6 Å². The topological polar surface area (TPSA) is 29.3 Å². The van der Waals surface area contributed by atoms with Gasteiger partial charge in [0, 0.05) is 27.3 Å². The van der Waals surface area contributed by atoms with Crippen LogP contribution in [0.25, 0.3) is 0 Å². The summed E-state index contributed by atoms with van der Waals surface area (Å²) in [4.78, 5) is 5.27. The molecule has 0 amide bonds. The standard InChI is InChI=1S/C15H27BrN2S/c1-5-12(6-2)10-18(7-3)14(9-17)15-8-13(16)11(4)19-15/h8,12,14H,5-7,9-10,17H2,1-4H3. The quantitative estimate of drug-likeness (QED) is 0.746. The molecule has 4 heteroatoms. The molecule has 0 bridgehead atoms. The molecule has 0 aliphatic rings. The van der Waals surface area contributed by atoms with Crippen LogP contribution in [0, 0.1) is 12.8 Å². The highest BCUT2D eigenvalue weighted by molar-refractivity contribution is 9.10. The van der Waals surface area contributed by atoms with Crippen LogP contribution in [-0.2, 0) is 0 Å². The zero-order valence-corrected chi connectivity index (χ0v) is 15.0. The molecular weight excluding hydrogens is 320 g/mol. The van der Waals surface area contributed by atoms with Crippen molar-refractivity contribution in [1.82, 2.24) is 4.90 Å². The van der Waals surface area contributed by atoms with E-state index in [1.54, 1.807) is 0 Å². The van der Waals surface area contributed by atoms with Crippen molar-refractivity contribution in [3.8, 4) is 0 Å². The summed E-state index contributed by atoms with van der Waals surface area (Å²) in [5.41, 5.74) is 6.05. The molecule has 0 aliphatic heterocycles. The Hall–Kier alpha value is 0.1000. The van der Waals surface area contributed by atoms with E-state index in [1.165, 1.54) is 27.1 Å². The lowest BCUT2D eigenvalue weighted by Gasteiger charge is -2.32. The monoisotopic (exact) mass is 346 g/mol. The molecule has 2 nitrogen and oxygen atoms in total. The predicted molar refractivity (Wildman–Crippen MR) is 89.9 cm³/mol. The van der Waals surface area contributed by atoms with Crippen molar-refractivity contribution in [3.05, 3.63) is 20.3 Å². The maximum Gasteiger partial charge on any atom is 0.0564 e. The molecule has 1 aromatic rings. The fraction of sp³-hybridized carbons (Fsp3) is 0.733. The highest BCUT2D eigenvalue weighted by Crippen LogP contribution is 2.33. The Morgan fingerprint density at radius 1 is 1.32 bits per heavy atom. The average Bonchev–Trinajstić information content (AvgIpc) is 2.74. The number of nitrogens with zero attached hydrogens (tertiary/aromatic N) is 1. The smallest absolute Gasteiger partial charge is 0.0564 e. The number of likely N-dealkylation sites (N-methyl/N-ethyl adjacent to an activating group) is 1. The van der Waals surface area contributed by atoms with E-state index in [0.717, 1.165) is 19.0 Å². The number of hydrogen-bond donors (Lipinski definition) is 1. The van der Waals surface area contributed by atoms with E-state index in [9.17, 15) is 0 Å². The number of thiophene rings is 1. The van der Waals surface area contributed by atoms with Crippen molar-refractivity contribution in [1.29, 1.82) is 0 Å². The lowest BCUT2D eigenvalue weighted by Crippen LogP contribution is -2.36. The number of nitrogens with two attached hydrogens (primary N) is 1. The summed E-state index contributed by atoms with van der Waals surface area (Å²) in [5.74, 6) is 0.776. The van der Waals surface area contributed by atoms with Crippen molar-refractivity contribution in [2.45, 2.75) is 46.6 Å². The Bertz CT molecular complexity index is 355. The van der Waals surface area contributed by atoms with Gasteiger partial charge in [0.2, 0.25) is 0 Å². The first-order valence-electron chi connectivity index (χ1n) is 7.27. The molecule has 0 saturated carbocycles. The summed E-state index contributed by atoms with van der Waals surface area (Å²) in [6, 6.07) is 2.60. The van der Waals surface area contributed by atoms with Gasteiger partial charge >= 0.3 is 0 Å². The van der Waals surface area contributed by atoms with Crippen LogP contribution in [0.4, 0.5) is 0 Å². The molecule has 0 aliphatic carbocycles. The summed E-state index contributed by atoms with van der Waals surface area (Å²) < 4.78 is 1.21. The van der Waals surface area contributed by atoms with Gasteiger partial charge in [0.1, 0.15) is 0 Å². The normalized spacial score (nSPS) is 13.5. The van der Waals surface area contributed by atoms with Gasteiger partial charge in [-0.3, -0.25) is 4.90 Å². The summed E-state index contributed by atoms with van der Waals surface area (Å²) >= 11 is 5.48. The van der Waals surface area contributed by atoms with E-state index in [-0.39, 0.29) is 0 Å². The minimum atomic E-state index is 0.362. The molecule has 0 aromatic carbocycles. The van der Waals surface area contributed by atoms with Crippen molar-refractivity contribution in [2.24, 2.45) is 11.7 Å². The maximum absolute atomic E-state index is 6.05. The number of aryl methyl sites for hydroxylation is 1. The van der Waals surface area contributed by atoms with Gasteiger partial charge in [0.05, 0.1) is 6.04 Å². The van der Waals surface area contributed by atoms with Gasteiger partial charge in [0.15, 0.2) is 0 Å². The lowest BCUT2D eigenvalue weighted by molar-refractivity contribution is 0.176. The molecule has 0 radical (unpaired) electrons. The lowest BCUT2D eigenvalue weighted by atomic mass is 10.0. The molecular formula is C15H27BrN2S. The number of halogens is 1. The van der Waals surface area contributed by atoms with Crippen LogP contribution < -0.4 is 5.73 Å². The molecule has 1 rings (SSSR count). The van der Waals surface area contributed by atoms with Crippen LogP contribution in [0.15, 0.2) is 10.5 Å². The van der Waals surface area contributed by atoms with E-state index >= 15 is 0 Å². The molecule has 1 unspecified atom stereocenters. The second-order valence-electron chi connectivity index (χ2n) is 5.07. The van der Waals surface area contributed by atoms with Crippen molar-refractivity contribution in [3.63, 3.8) is 0 Å². The van der Waals surface area contributed by atoms with E-state index in [4.69, 9.17) is 5.73 Å². The predicted octanol–water partition coefficient (Wildman–Crippen LogP) is 4.58. The molecule has 1 aromatic heterocycles. The average molecular weight is 347 g/mol. The van der Waals surface area contributed by atoms with Crippen LogP contribution in [0.1, 0.15) is 49.4 Å². The summed E-state index contributed by atoms with van der Waals surface area (Å²) in [6.07, 6.45) is 2.49. The maximum atomic E-state index is 6.05. The van der Waals surface area contributed by atoms with Crippen LogP contribution in [0.3, 0.4) is 0 Å². The molecule has 0 fully saturated rings. The second kappa shape index (κ2) is 8.40. The van der Waals surface area contributed by atoms with Crippen LogP contribution in [0.2, 0.25) is 0 Å². The molecule has 1 atom stereocenters. The largest absolute Gasteiger partial charge is 0.329 e. The molecule has 110 valence electrons. The van der Waals surface area contributed by atoms with Gasteiger partial charge in [-0.1, -0.05) is 33.6 Å². The molecule has 19 heavy (non-hydrogen) atoms. The highest BCUT2D eigenvalue weighted by atomic mass is 79.9.